The average Bonchev–Trinajstić information content (AvgIpc) is 2.32. The summed E-state index contributed by atoms with van der Waals surface area (Å²) in [6, 6.07) is 8.62. The van der Waals surface area contributed by atoms with Gasteiger partial charge in [0.05, 0.1) is 11.4 Å². The van der Waals surface area contributed by atoms with Gasteiger partial charge in [-0.3, -0.25) is 4.72 Å². The van der Waals surface area contributed by atoms with Crippen LogP contribution in [0.4, 0.5) is 15.8 Å². The number of sulfonamides is 1. The Labute approximate surface area is 125 Å². The summed E-state index contributed by atoms with van der Waals surface area (Å²) >= 11 is 3.19. The van der Waals surface area contributed by atoms with Crippen LogP contribution in [0, 0.1) is 12.7 Å². The van der Waals surface area contributed by atoms with Crippen molar-refractivity contribution in [2.75, 3.05) is 10.5 Å². The summed E-state index contributed by atoms with van der Waals surface area (Å²) in [6.45, 7) is 1.72. The Balaban J connectivity index is 2.41. The lowest BCUT2D eigenvalue weighted by Crippen LogP contribution is -2.15. The fourth-order valence-electron chi connectivity index (χ4n) is 1.67. The summed E-state index contributed by atoms with van der Waals surface area (Å²) in [6.07, 6.45) is 0. The monoisotopic (exact) mass is 358 g/mol. The molecule has 0 saturated heterocycles. The number of benzene rings is 2. The molecule has 20 heavy (non-hydrogen) atoms. The summed E-state index contributed by atoms with van der Waals surface area (Å²) in [5, 5.41) is 0. The lowest BCUT2D eigenvalue weighted by molar-refractivity contribution is 0.599. The second-order valence-electron chi connectivity index (χ2n) is 4.27. The van der Waals surface area contributed by atoms with Gasteiger partial charge in [-0.25, -0.2) is 12.8 Å². The molecule has 0 spiro atoms. The highest BCUT2D eigenvalue weighted by Crippen LogP contribution is 2.26. The van der Waals surface area contributed by atoms with Crippen LogP contribution in [-0.4, -0.2) is 8.42 Å². The Morgan fingerprint density at radius 3 is 2.50 bits per heavy atom. The van der Waals surface area contributed by atoms with Crippen molar-refractivity contribution >= 4 is 37.3 Å². The molecule has 4 nitrogen and oxygen atoms in total. The van der Waals surface area contributed by atoms with Crippen molar-refractivity contribution in [3.8, 4) is 0 Å². The number of hydrogen-bond acceptors (Lipinski definition) is 3. The fourth-order valence-corrected chi connectivity index (χ4v) is 3.23. The molecule has 7 heteroatoms. The first-order valence-electron chi connectivity index (χ1n) is 5.63. The molecular formula is C13H12BrFN2O2S. The molecule has 0 amide bonds. The Bertz CT molecular complexity index is 763. The van der Waals surface area contributed by atoms with E-state index in [0.717, 1.165) is 0 Å². The van der Waals surface area contributed by atoms with E-state index in [1.54, 1.807) is 19.1 Å². The molecule has 2 rings (SSSR count). The zero-order valence-corrected chi connectivity index (χ0v) is 12.9. The minimum absolute atomic E-state index is 0.0828. The highest BCUT2D eigenvalue weighted by molar-refractivity contribution is 9.10. The smallest absolute Gasteiger partial charge is 0.264 e. The molecule has 0 unspecified atom stereocenters. The summed E-state index contributed by atoms with van der Waals surface area (Å²) in [5.74, 6) is -0.635. The normalized spacial score (nSPS) is 11.3. The Kier molecular flexibility index (Phi) is 4.01. The van der Waals surface area contributed by atoms with Crippen LogP contribution in [0.2, 0.25) is 0 Å². The second kappa shape index (κ2) is 5.41. The van der Waals surface area contributed by atoms with E-state index < -0.39 is 15.8 Å². The molecule has 0 aliphatic carbocycles. The molecule has 0 aliphatic rings. The standard InChI is InChI=1S/C13H12BrFN2O2S/c1-8-2-4-12(10(15)6-8)17-20(18,19)13-5-3-9(14)7-11(13)16/h2-7,17H,16H2,1H3. The van der Waals surface area contributed by atoms with Crippen LogP contribution in [0.15, 0.2) is 45.8 Å². The Hall–Kier alpha value is -1.60. The van der Waals surface area contributed by atoms with Crippen LogP contribution in [0.25, 0.3) is 0 Å². The summed E-state index contributed by atoms with van der Waals surface area (Å²) < 4.78 is 40.9. The molecule has 0 radical (unpaired) electrons. The number of nitrogens with one attached hydrogen (secondary N) is 1. The number of halogens is 2. The van der Waals surface area contributed by atoms with E-state index in [2.05, 4.69) is 20.7 Å². The van der Waals surface area contributed by atoms with Gasteiger partial charge in [0.1, 0.15) is 10.7 Å². The van der Waals surface area contributed by atoms with Crippen LogP contribution >= 0.6 is 15.9 Å². The summed E-state index contributed by atoms with van der Waals surface area (Å²) in [7, 11) is -3.93. The maximum atomic E-state index is 13.7. The van der Waals surface area contributed by atoms with Crippen LogP contribution in [0.1, 0.15) is 5.56 Å². The molecule has 106 valence electrons. The van der Waals surface area contributed by atoms with Crippen LogP contribution in [-0.2, 0) is 10.0 Å². The van der Waals surface area contributed by atoms with Gasteiger partial charge in [-0.2, -0.15) is 0 Å². The van der Waals surface area contributed by atoms with E-state index in [0.29, 0.717) is 10.0 Å². The van der Waals surface area contributed by atoms with Gasteiger partial charge in [0.2, 0.25) is 0 Å². The molecule has 0 atom stereocenters. The number of nitrogen functional groups attached to an aromatic ring is 1. The SMILES string of the molecule is Cc1ccc(NS(=O)(=O)c2ccc(Br)cc2N)c(F)c1. The third-order valence-electron chi connectivity index (χ3n) is 2.63. The van der Waals surface area contributed by atoms with Gasteiger partial charge in [0.15, 0.2) is 0 Å². The Morgan fingerprint density at radius 2 is 1.90 bits per heavy atom. The largest absolute Gasteiger partial charge is 0.398 e. The van der Waals surface area contributed by atoms with Gasteiger partial charge in [-0.05, 0) is 42.8 Å². The number of hydrogen-bond donors (Lipinski definition) is 2. The van der Waals surface area contributed by atoms with Crippen molar-refractivity contribution in [3.05, 3.63) is 52.3 Å². The molecule has 0 saturated carbocycles. The molecule has 3 N–H and O–H groups in total. The minimum Gasteiger partial charge on any atom is -0.398 e. The van der Waals surface area contributed by atoms with Gasteiger partial charge in [0.25, 0.3) is 10.0 Å². The quantitative estimate of drug-likeness (QED) is 0.827. The van der Waals surface area contributed by atoms with Gasteiger partial charge < -0.3 is 5.73 Å². The first-order valence-corrected chi connectivity index (χ1v) is 7.91. The third-order valence-corrected chi connectivity index (χ3v) is 4.56. The minimum atomic E-state index is -3.93. The number of anilines is 2. The van der Waals surface area contributed by atoms with Gasteiger partial charge in [-0.1, -0.05) is 22.0 Å². The first-order chi connectivity index (χ1) is 9.29. The van der Waals surface area contributed by atoms with Crippen molar-refractivity contribution in [1.29, 1.82) is 0 Å². The van der Waals surface area contributed by atoms with Crippen molar-refractivity contribution in [3.63, 3.8) is 0 Å². The van der Waals surface area contributed by atoms with Crippen LogP contribution in [0.3, 0.4) is 0 Å². The van der Waals surface area contributed by atoms with Crippen LogP contribution < -0.4 is 10.5 Å². The molecule has 0 bridgehead atoms. The van der Waals surface area contributed by atoms with Crippen molar-refractivity contribution in [2.45, 2.75) is 11.8 Å². The lowest BCUT2D eigenvalue weighted by atomic mass is 10.2. The number of aryl methyl sites for hydroxylation is 1. The van der Waals surface area contributed by atoms with E-state index in [4.69, 9.17) is 5.73 Å². The summed E-state index contributed by atoms with van der Waals surface area (Å²) in [4.78, 5) is -0.0966. The predicted octanol–water partition coefficient (Wildman–Crippen LogP) is 3.28. The molecule has 2 aromatic rings. The molecule has 0 heterocycles. The fraction of sp³-hybridized carbons (Fsp3) is 0.0769. The van der Waals surface area contributed by atoms with Gasteiger partial charge in [-0.15, -0.1) is 0 Å². The Morgan fingerprint density at radius 1 is 1.20 bits per heavy atom. The zero-order chi connectivity index (χ0) is 14.9. The van der Waals surface area contributed by atoms with E-state index >= 15 is 0 Å². The topological polar surface area (TPSA) is 72.2 Å². The van der Waals surface area contributed by atoms with Gasteiger partial charge >= 0.3 is 0 Å². The highest BCUT2D eigenvalue weighted by atomic mass is 79.9. The van der Waals surface area contributed by atoms with Gasteiger partial charge in [0, 0.05) is 4.47 Å². The van der Waals surface area contributed by atoms with E-state index in [-0.39, 0.29) is 16.3 Å². The van der Waals surface area contributed by atoms with Crippen molar-refractivity contribution in [1.82, 2.24) is 0 Å². The molecule has 0 fully saturated rings. The van der Waals surface area contributed by atoms with Crippen molar-refractivity contribution in [2.24, 2.45) is 0 Å². The van der Waals surface area contributed by atoms with E-state index in [1.807, 2.05) is 0 Å². The van der Waals surface area contributed by atoms with Crippen LogP contribution in [0.5, 0.6) is 0 Å². The van der Waals surface area contributed by atoms with E-state index in [9.17, 15) is 12.8 Å². The van der Waals surface area contributed by atoms with E-state index in [1.165, 1.54) is 24.3 Å². The molecule has 0 aromatic heterocycles. The van der Waals surface area contributed by atoms with Crippen molar-refractivity contribution < 1.29 is 12.8 Å². The maximum absolute atomic E-state index is 13.7. The number of rotatable bonds is 3. The first kappa shape index (κ1) is 14.8. The third kappa shape index (κ3) is 3.10. The molecular weight excluding hydrogens is 347 g/mol. The molecule has 0 aliphatic heterocycles. The summed E-state index contributed by atoms with van der Waals surface area (Å²) in [5.41, 5.74) is 6.35. The predicted molar refractivity (Wildman–Crippen MR) is 80.5 cm³/mol. The molecule has 2 aromatic carbocycles. The average molecular weight is 359 g/mol. The second-order valence-corrected chi connectivity index (χ2v) is 6.84. The lowest BCUT2D eigenvalue weighted by Gasteiger charge is -2.11. The number of nitrogens with two attached hydrogens (primary N) is 1. The highest BCUT2D eigenvalue weighted by Gasteiger charge is 2.19. The maximum Gasteiger partial charge on any atom is 0.264 e. The zero-order valence-electron chi connectivity index (χ0n) is 10.5.